The van der Waals surface area contributed by atoms with Crippen molar-refractivity contribution in [3.63, 3.8) is 0 Å². The van der Waals surface area contributed by atoms with Crippen LogP contribution in [0.25, 0.3) is 88.0 Å². The highest BCUT2D eigenvalue weighted by Gasteiger charge is 2.23. The zero-order valence-electron chi connectivity index (χ0n) is 29.8. The normalized spacial score (nSPS) is 11.6. The highest BCUT2D eigenvalue weighted by Crippen LogP contribution is 2.48. The van der Waals surface area contributed by atoms with Gasteiger partial charge in [0.1, 0.15) is 22.3 Å². The van der Waals surface area contributed by atoms with Crippen LogP contribution in [0.2, 0.25) is 0 Å². The lowest BCUT2D eigenvalue weighted by Gasteiger charge is -2.29. The van der Waals surface area contributed by atoms with E-state index >= 15 is 0 Å². The number of nitrogens with zero attached hydrogens (tertiary/aromatic N) is 1. The molecule has 9 aromatic carbocycles. The highest BCUT2D eigenvalue weighted by atomic mass is 16.3. The molecule has 0 amide bonds. The third kappa shape index (κ3) is 5.13. The second-order valence-electron chi connectivity index (χ2n) is 14.0. The van der Waals surface area contributed by atoms with Gasteiger partial charge in [-0.2, -0.15) is 0 Å². The Kier molecular flexibility index (Phi) is 7.17. The lowest BCUT2D eigenvalue weighted by molar-refractivity contribution is 0.669. The molecule has 2 aromatic heterocycles. The Hall–Kier alpha value is -7.36. The molecule has 0 aliphatic carbocycles. The summed E-state index contributed by atoms with van der Waals surface area (Å²) in [6, 6.07) is 71.0. The number of anilines is 3. The van der Waals surface area contributed by atoms with Gasteiger partial charge in [0.25, 0.3) is 0 Å². The van der Waals surface area contributed by atoms with E-state index in [1.165, 1.54) is 5.56 Å². The summed E-state index contributed by atoms with van der Waals surface area (Å²) >= 11 is 0. The van der Waals surface area contributed by atoms with Crippen molar-refractivity contribution in [1.82, 2.24) is 0 Å². The SMILES string of the molecule is c1ccc(-c2ccc(N(c3ccc(-c4cccc5oc6ccccc6c45)cc3)c3cccc4oc5c6ccccc6ccc5c34)c(-c3ccccc3)c2)cc1. The third-order valence-electron chi connectivity index (χ3n) is 10.9. The van der Waals surface area contributed by atoms with Gasteiger partial charge < -0.3 is 13.7 Å². The van der Waals surface area contributed by atoms with Crippen LogP contribution in [-0.2, 0) is 0 Å². The lowest BCUT2D eigenvalue weighted by atomic mass is 9.95. The molecule has 3 heteroatoms. The Labute approximate surface area is 317 Å². The van der Waals surface area contributed by atoms with E-state index in [1.807, 2.05) is 12.1 Å². The third-order valence-corrected chi connectivity index (χ3v) is 10.9. The molecule has 0 aliphatic heterocycles. The standard InChI is InChI=1S/C52H33NO2/c1-3-13-34(14-4-1)38-28-32-45(44(33-38)35-15-5-2-6-16-35)53(46-21-12-24-49-51(46)43-31-27-36-17-7-8-18-41(36)52(43)55-49)39-29-25-37(26-30-39)40-20-11-23-48-50(40)42-19-9-10-22-47(42)54-48/h1-33H. The maximum atomic E-state index is 6.73. The monoisotopic (exact) mass is 703 g/mol. The largest absolute Gasteiger partial charge is 0.456 e. The second kappa shape index (κ2) is 12.6. The topological polar surface area (TPSA) is 29.5 Å². The van der Waals surface area contributed by atoms with Crippen molar-refractivity contribution in [2.45, 2.75) is 0 Å². The zero-order valence-corrected chi connectivity index (χ0v) is 29.8. The number of para-hydroxylation sites is 1. The van der Waals surface area contributed by atoms with Gasteiger partial charge in [0.05, 0.1) is 16.8 Å². The first-order valence-electron chi connectivity index (χ1n) is 18.7. The van der Waals surface area contributed by atoms with Gasteiger partial charge in [-0.15, -0.1) is 0 Å². The summed E-state index contributed by atoms with van der Waals surface area (Å²) in [4.78, 5) is 2.40. The molecule has 0 atom stereocenters. The van der Waals surface area contributed by atoms with Crippen LogP contribution in [0.3, 0.4) is 0 Å². The van der Waals surface area contributed by atoms with E-state index in [0.29, 0.717) is 0 Å². The summed E-state index contributed by atoms with van der Waals surface area (Å²) in [6.45, 7) is 0. The maximum absolute atomic E-state index is 6.73. The Bertz CT molecular complexity index is 3190. The maximum Gasteiger partial charge on any atom is 0.143 e. The summed E-state index contributed by atoms with van der Waals surface area (Å²) in [6.07, 6.45) is 0. The smallest absolute Gasteiger partial charge is 0.143 e. The quantitative estimate of drug-likeness (QED) is 0.173. The first-order valence-corrected chi connectivity index (χ1v) is 18.7. The molecule has 0 bridgehead atoms. The number of hydrogen-bond donors (Lipinski definition) is 0. The lowest BCUT2D eigenvalue weighted by Crippen LogP contribution is -2.11. The van der Waals surface area contributed by atoms with Crippen LogP contribution in [0.15, 0.2) is 209 Å². The fourth-order valence-electron chi connectivity index (χ4n) is 8.32. The van der Waals surface area contributed by atoms with Crippen LogP contribution in [-0.4, -0.2) is 0 Å². The molecule has 0 aliphatic rings. The number of rotatable bonds is 6. The average Bonchev–Trinajstić information content (AvgIpc) is 3.84. The van der Waals surface area contributed by atoms with Crippen molar-refractivity contribution < 1.29 is 8.83 Å². The summed E-state index contributed by atoms with van der Waals surface area (Å²) < 4.78 is 13.0. The van der Waals surface area contributed by atoms with Crippen LogP contribution >= 0.6 is 0 Å². The van der Waals surface area contributed by atoms with E-state index in [2.05, 4.69) is 193 Å². The molecule has 11 rings (SSSR count). The zero-order chi connectivity index (χ0) is 36.3. The van der Waals surface area contributed by atoms with Gasteiger partial charge >= 0.3 is 0 Å². The molecule has 2 heterocycles. The molecule has 0 N–H and O–H groups in total. The average molecular weight is 704 g/mol. The van der Waals surface area contributed by atoms with Gasteiger partial charge in [0.15, 0.2) is 0 Å². The molecule has 0 spiro atoms. The van der Waals surface area contributed by atoms with Crippen LogP contribution < -0.4 is 4.90 Å². The van der Waals surface area contributed by atoms with E-state index in [1.54, 1.807) is 0 Å². The minimum absolute atomic E-state index is 0.853. The summed E-state index contributed by atoms with van der Waals surface area (Å²) in [7, 11) is 0. The Morgan fingerprint density at radius 2 is 0.964 bits per heavy atom. The molecule has 55 heavy (non-hydrogen) atoms. The molecule has 0 saturated carbocycles. The Morgan fingerprint density at radius 1 is 0.327 bits per heavy atom. The fourth-order valence-corrected chi connectivity index (χ4v) is 8.32. The number of fused-ring (bicyclic) bond motifs is 8. The minimum Gasteiger partial charge on any atom is -0.456 e. The summed E-state index contributed by atoms with van der Waals surface area (Å²) in [5.41, 5.74) is 13.6. The van der Waals surface area contributed by atoms with Crippen molar-refractivity contribution in [2.24, 2.45) is 0 Å². The van der Waals surface area contributed by atoms with E-state index in [0.717, 1.165) is 99.5 Å². The molecule has 3 nitrogen and oxygen atoms in total. The molecule has 0 unspecified atom stereocenters. The number of benzene rings is 9. The van der Waals surface area contributed by atoms with Crippen molar-refractivity contribution in [3.05, 3.63) is 200 Å². The first-order chi connectivity index (χ1) is 27.3. The molecular formula is C52H33NO2. The van der Waals surface area contributed by atoms with Gasteiger partial charge in [-0.3, -0.25) is 0 Å². The molecule has 0 radical (unpaired) electrons. The van der Waals surface area contributed by atoms with E-state index in [-0.39, 0.29) is 0 Å². The number of hydrogen-bond acceptors (Lipinski definition) is 3. The first kappa shape index (κ1) is 31.2. The van der Waals surface area contributed by atoms with Crippen molar-refractivity contribution in [3.8, 4) is 33.4 Å². The van der Waals surface area contributed by atoms with Crippen LogP contribution in [0.4, 0.5) is 17.1 Å². The fraction of sp³-hybridized carbons (Fsp3) is 0. The van der Waals surface area contributed by atoms with Gasteiger partial charge in [0, 0.05) is 32.8 Å². The predicted molar refractivity (Wildman–Crippen MR) is 229 cm³/mol. The summed E-state index contributed by atoms with van der Waals surface area (Å²) in [5, 5.41) is 6.69. The molecule has 0 fully saturated rings. The van der Waals surface area contributed by atoms with Crippen molar-refractivity contribution >= 4 is 71.7 Å². The molecule has 0 saturated heterocycles. The van der Waals surface area contributed by atoms with Gasteiger partial charge in [-0.1, -0.05) is 146 Å². The summed E-state index contributed by atoms with van der Waals surface area (Å²) in [5.74, 6) is 0. The number of furan rings is 2. The van der Waals surface area contributed by atoms with E-state index in [4.69, 9.17) is 8.83 Å². The van der Waals surface area contributed by atoms with Gasteiger partial charge in [-0.25, -0.2) is 0 Å². The van der Waals surface area contributed by atoms with Crippen LogP contribution in [0, 0.1) is 0 Å². The molecular weight excluding hydrogens is 671 g/mol. The van der Waals surface area contributed by atoms with E-state index in [9.17, 15) is 0 Å². The Morgan fingerprint density at radius 3 is 1.78 bits per heavy atom. The van der Waals surface area contributed by atoms with Gasteiger partial charge in [0.2, 0.25) is 0 Å². The van der Waals surface area contributed by atoms with Crippen molar-refractivity contribution in [2.75, 3.05) is 4.90 Å². The minimum atomic E-state index is 0.853. The predicted octanol–water partition coefficient (Wildman–Crippen LogP) is 15.1. The van der Waals surface area contributed by atoms with E-state index < -0.39 is 0 Å². The highest BCUT2D eigenvalue weighted by molar-refractivity contribution is 6.20. The second-order valence-corrected chi connectivity index (χ2v) is 14.0. The van der Waals surface area contributed by atoms with Gasteiger partial charge in [-0.05, 0) is 87.8 Å². The molecule has 11 aromatic rings. The van der Waals surface area contributed by atoms with Crippen LogP contribution in [0.1, 0.15) is 0 Å². The Balaban J connectivity index is 1.16. The molecule has 258 valence electrons. The van der Waals surface area contributed by atoms with Crippen molar-refractivity contribution in [1.29, 1.82) is 0 Å². The van der Waals surface area contributed by atoms with Crippen LogP contribution in [0.5, 0.6) is 0 Å².